The number of anilines is 2. The van der Waals surface area contributed by atoms with Crippen molar-refractivity contribution in [2.75, 3.05) is 36.9 Å². The maximum Gasteiger partial charge on any atom is 0.329 e. The van der Waals surface area contributed by atoms with Gasteiger partial charge in [-0.15, -0.1) is 0 Å². The van der Waals surface area contributed by atoms with Crippen molar-refractivity contribution in [3.63, 3.8) is 0 Å². The quantitative estimate of drug-likeness (QED) is 0.0835. The fraction of sp³-hybridized carbons (Fsp3) is 0.578. The van der Waals surface area contributed by atoms with E-state index in [4.69, 9.17) is 4.74 Å². The molecule has 2 aliphatic heterocycles. The van der Waals surface area contributed by atoms with Gasteiger partial charge < -0.3 is 25.4 Å². The zero-order valence-electron chi connectivity index (χ0n) is 36.1. The van der Waals surface area contributed by atoms with E-state index in [1.165, 1.54) is 21.5 Å². The van der Waals surface area contributed by atoms with Crippen LogP contribution < -0.4 is 21.6 Å². The van der Waals surface area contributed by atoms with Gasteiger partial charge in [-0.05, 0) is 94.2 Å². The summed E-state index contributed by atoms with van der Waals surface area (Å²) in [6, 6.07) is 6.59. The number of amides is 3. The van der Waals surface area contributed by atoms with Crippen molar-refractivity contribution >= 4 is 45.9 Å². The highest BCUT2D eigenvalue weighted by molar-refractivity contribution is 6.08. The number of ether oxygens (including phenoxy) is 1. The van der Waals surface area contributed by atoms with Crippen LogP contribution in [-0.4, -0.2) is 106 Å². The maximum absolute atomic E-state index is 14.3. The SMILES string of the molecule is Cn1c(=O)n(C2CCC(=O)NC2=O)c2cccc(CCCOC3CCN(C[C@H]4CC[C@H](n5cc(NC(=O)c6cnn7ccc(N[C@@H]8CCCC[C@H]8O)nc67)c(C(F)F)n5)CC4)CC3)c21. The number of hydrogen-bond acceptors (Lipinski definition) is 11. The van der Waals surface area contributed by atoms with E-state index in [-0.39, 0.29) is 53.1 Å². The number of aromatic nitrogens is 7. The molecule has 4 aliphatic rings. The van der Waals surface area contributed by atoms with Gasteiger partial charge in [0.25, 0.3) is 12.3 Å². The molecule has 6 heterocycles. The highest BCUT2D eigenvalue weighted by atomic mass is 19.3. The van der Waals surface area contributed by atoms with Crippen molar-refractivity contribution in [3.05, 3.63) is 70.2 Å². The minimum atomic E-state index is -2.88. The molecule has 2 aliphatic carbocycles. The summed E-state index contributed by atoms with van der Waals surface area (Å²) < 4.78 is 41.1. The molecular formula is C45H57F2N11O6. The van der Waals surface area contributed by atoms with Gasteiger partial charge in [-0.2, -0.15) is 10.2 Å². The molecule has 342 valence electrons. The van der Waals surface area contributed by atoms with Crippen LogP contribution in [0.15, 0.2) is 47.7 Å². The third-order valence-corrected chi connectivity index (χ3v) is 13.8. The Bertz CT molecular complexity index is 2550. The maximum atomic E-state index is 14.3. The van der Waals surface area contributed by atoms with Gasteiger partial charge in [0.1, 0.15) is 17.4 Å². The zero-order chi connectivity index (χ0) is 44.5. The Morgan fingerprint density at radius 3 is 2.58 bits per heavy atom. The minimum Gasteiger partial charge on any atom is -0.391 e. The molecule has 3 amide bonds. The van der Waals surface area contributed by atoms with Crippen molar-refractivity contribution < 1.29 is 33.0 Å². The second kappa shape index (κ2) is 18.9. The van der Waals surface area contributed by atoms with Crippen molar-refractivity contribution in [3.8, 4) is 0 Å². The minimum absolute atomic E-state index is 0.0304. The first-order chi connectivity index (χ1) is 31.0. The van der Waals surface area contributed by atoms with E-state index in [2.05, 4.69) is 36.0 Å². The lowest BCUT2D eigenvalue weighted by Gasteiger charge is -2.36. The van der Waals surface area contributed by atoms with Crippen molar-refractivity contribution in [1.29, 1.82) is 0 Å². The Morgan fingerprint density at radius 2 is 1.81 bits per heavy atom. The van der Waals surface area contributed by atoms with Crippen molar-refractivity contribution in [2.45, 2.75) is 127 Å². The van der Waals surface area contributed by atoms with Crippen LogP contribution >= 0.6 is 0 Å². The number of likely N-dealkylation sites (tertiary alicyclic amines) is 1. The van der Waals surface area contributed by atoms with Gasteiger partial charge in [-0.3, -0.25) is 33.5 Å². The number of aryl methyl sites for hydroxylation is 2. The van der Waals surface area contributed by atoms with Gasteiger partial charge >= 0.3 is 5.69 Å². The Labute approximate surface area is 368 Å². The van der Waals surface area contributed by atoms with Crippen LogP contribution in [0.2, 0.25) is 0 Å². The standard InChI is InChI=1S/C45H57F2N11O6/c1-54-40-28(6-4-9-34(40)58(45(54)63)35-15-16-38(60)52-44(35)62)7-5-23-64-30-17-20-55(21-18-30)25-27-11-13-29(14-12-27)57-26-33(39(53-57)41(46)47)50-43(61)31-24-48-56-22-19-37(51-42(31)56)49-32-8-2-3-10-36(32)59/h4,6,9,19,22,24,26-27,29-30,32,35-36,41,59H,2-3,5,7-8,10-18,20-21,23,25H2,1H3,(H,49,51)(H,50,61)(H,52,60,62)/t27-,29-,32-,35?,36-/m1/s1. The second-order valence-corrected chi connectivity index (χ2v) is 18.0. The molecule has 0 bridgehead atoms. The molecule has 1 unspecified atom stereocenters. The fourth-order valence-corrected chi connectivity index (χ4v) is 10.3. The van der Waals surface area contributed by atoms with Crippen LogP contribution in [0.25, 0.3) is 16.7 Å². The molecule has 9 rings (SSSR count). The number of halogens is 2. The normalized spacial score (nSPS) is 23.9. The van der Waals surface area contributed by atoms with Gasteiger partial charge in [0.2, 0.25) is 11.8 Å². The van der Waals surface area contributed by atoms with E-state index in [1.54, 1.807) is 28.6 Å². The number of aliphatic hydroxyl groups excluding tert-OH is 1. The number of rotatable bonds is 14. The average molecular weight is 886 g/mol. The van der Waals surface area contributed by atoms with E-state index in [0.29, 0.717) is 36.7 Å². The molecule has 2 saturated carbocycles. The summed E-state index contributed by atoms with van der Waals surface area (Å²) in [4.78, 5) is 58.2. The third-order valence-electron chi connectivity index (χ3n) is 13.8. The molecule has 17 nitrogen and oxygen atoms in total. The number of aliphatic hydroxyl groups is 1. The lowest BCUT2D eigenvalue weighted by atomic mass is 9.85. The average Bonchev–Trinajstić information content (AvgIpc) is 3.98. The monoisotopic (exact) mass is 885 g/mol. The van der Waals surface area contributed by atoms with E-state index in [9.17, 15) is 33.1 Å². The summed E-state index contributed by atoms with van der Waals surface area (Å²) in [6.45, 7) is 3.48. The van der Waals surface area contributed by atoms with Crippen LogP contribution in [0.5, 0.6) is 0 Å². The summed E-state index contributed by atoms with van der Waals surface area (Å²) in [5.41, 5.74) is 2.15. The molecule has 5 aromatic rings. The molecule has 4 fully saturated rings. The van der Waals surface area contributed by atoms with Crippen LogP contribution in [0, 0.1) is 5.92 Å². The van der Waals surface area contributed by atoms with Crippen LogP contribution in [0.3, 0.4) is 0 Å². The van der Waals surface area contributed by atoms with Crippen molar-refractivity contribution in [2.24, 2.45) is 13.0 Å². The number of para-hydroxylation sites is 1. The molecule has 0 radical (unpaired) electrons. The molecule has 1 aromatic carbocycles. The molecule has 4 aromatic heterocycles. The van der Waals surface area contributed by atoms with Gasteiger partial charge in [-0.25, -0.2) is 23.1 Å². The van der Waals surface area contributed by atoms with Crippen LogP contribution in [0.1, 0.15) is 124 Å². The lowest BCUT2D eigenvalue weighted by Crippen LogP contribution is -2.44. The number of imidazole rings is 1. The topological polar surface area (TPSA) is 195 Å². The first-order valence-corrected chi connectivity index (χ1v) is 22.8. The number of piperidine rings is 2. The third kappa shape index (κ3) is 9.19. The molecule has 0 spiro atoms. The Morgan fingerprint density at radius 1 is 1.02 bits per heavy atom. The highest BCUT2D eigenvalue weighted by Gasteiger charge is 2.33. The summed E-state index contributed by atoms with van der Waals surface area (Å²) in [5, 5.41) is 27.2. The van der Waals surface area contributed by atoms with Gasteiger partial charge in [-0.1, -0.05) is 25.0 Å². The predicted octanol–water partition coefficient (Wildman–Crippen LogP) is 5.31. The summed E-state index contributed by atoms with van der Waals surface area (Å²) >= 11 is 0. The number of hydrogen-bond donors (Lipinski definition) is 4. The molecule has 3 atom stereocenters. The van der Waals surface area contributed by atoms with Gasteiger partial charge in [0.05, 0.1) is 47.2 Å². The Kier molecular flexibility index (Phi) is 12.9. The summed E-state index contributed by atoms with van der Waals surface area (Å²) in [5.74, 6) is -0.382. The molecular weight excluding hydrogens is 829 g/mol. The molecule has 2 saturated heterocycles. The second-order valence-electron chi connectivity index (χ2n) is 18.0. The molecule has 4 N–H and O–H groups in total. The van der Waals surface area contributed by atoms with E-state index < -0.39 is 36.1 Å². The van der Waals surface area contributed by atoms with Crippen LogP contribution in [-0.2, 0) is 27.8 Å². The van der Waals surface area contributed by atoms with E-state index in [1.807, 2.05) is 18.2 Å². The number of imide groups is 1. The van der Waals surface area contributed by atoms with E-state index >= 15 is 0 Å². The highest BCUT2D eigenvalue weighted by Crippen LogP contribution is 2.36. The van der Waals surface area contributed by atoms with E-state index in [0.717, 1.165) is 101 Å². The first-order valence-electron chi connectivity index (χ1n) is 22.8. The van der Waals surface area contributed by atoms with Crippen molar-refractivity contribution in [1.82, 2.24) is 43.7 Å². The number of benzene rings is 1. The largest absolute Gasteiger partial charge is 0.391 e. The van der Waals surface area contributed by atoms with Crippen LogP contribution in [0.4, 0.5) is 20.3 Å². The van der Waals surface area contributed by atoms with Gasteiger partial charge in [0, 0.05) is 52.1 Å². The molecule has 64 heavy (non-hydrogen) atoms. The number of nitrogens with one attached hydrogen (secondary N) is 3. The zero-order valence-corrected chi connectivity index (χ0v) is 36.1. The number of alkyl halides is 2. The fourth-order valence-electron chi connectivity index (χ4n) is 10.3. The number of fused-ring (bicyclic) bond motifs is 2. The number of nitrogens with zero attached hydrogens (tertiary/aromatic N) is 8. The molecule has 19 heteroatoms. The Hall–Kier alpha value is -5.53. The number of carbonyl (C=O) groups excluding carboxylic acids is 3. The number of carbonyl (C=O) groups is 3. The van der Waals surface area contributed by atoms with Gasteiger partial charge in [0.15, 0.2) is 11.3 Å². The summed E-state index contributed by atoms with van der Waals surface area (Å²) in [7, 11) is 1.72. The summed E-state index contributed by atoms with van der Waals surface area (Å²) in [6.07, 6.45) is 12.3. The Balaban J connectivity index is 0.728. The predicted molar refractivity (Wildman–Crippen MR) is 233 cm³/mol. The lowest BCUT2D eigenvalue weighted by molar-refractivity contribution is -0.135. The smallest absolute Gasteiger partial charge is 0.329 e. The first kappa shape index (κ1) is 43.7.